The summed E-state index contributed by atoms with van der Waals surface area (Å²) in [6.07, 6.45) is 2.42. The predicted octanol–water partition coefficient (Wildman–Crippen LogP) is 6.00. The average molecular weight is 622 g/mol. The molecular formula is C36H51N3O6. The minimum absolute atomic E-state index is 0.0587. The fraction of sp³-hybridized carbons (Fsp3) is 0.583. The number of nitrogens with one attached hydrogen (secondary N) is 1. The lowest BCUT2D eigenvalue weighted by atomic mass is 9.69. The molecule has 0 spiro atoms. The SMILES string of the molecule is COCCCCC1(CNC(=O)[C@H]2C[C@@H](C(=O)N(C)CC(C)C)CN(C(=O)OC(C)(C)C)C2)c2ccccc2Oc2ccccc21. The molecule has 2 aromatic carbocycles. The number of unbranched alkanes of at least 4 members (excludes halogenated alkanes) is 1. The number of hydrogen-bond donors (Lipinski definition) is 1. The highest BCUT2D eigenvalue weighted by Gasteiger charge is 2.44. The van der Waals surface area contributed by atoms with Gasteiger partial charge in [0.2, 0.25) is 11.8 Å². The summed E-state index contributed by atoms with van der Waals surface area (Å²) in [7, 11) is 3.50. The third-order valence-corrected chi connectivity index (χ3v) is 8.63. The van der Waals surface area contributed by atoms with Crippen molar-refractivity contribution in [2.24, 2.45) is 17.8 Å². The molecule has 3 amide bonds. The van der Waals surface area contributed by atoms with Gasteiger partial charge in [-0.1, -0.05) is 50.2 Å². The first-order valence-corrected chi connectivity index (χ1v) is 16.2. The van der Waals surface area contributed by atoms with Crippen LogP contribution in [0.5, 0.6) is 11.5 Å². The Morgan fingerprint density at radius 2 is 1.60 bits per heavy atom. The number of rotatable bonds is 11. The molecule has 0 radical (unpaired) electrons. The van der Waals surface area contributed by atoms with E-state index < -0.39 is 28.9 Å². The van der Waals surface area contributed by atoms with Gasteiger partial charge in [-0.2, -0.15) is 0 Å². The van der Waals surface area contributed by atoms with Gasteiger partial charge in [0.25, 0.3) is 0 Å². The van der Waals surface area contributed by atoms with Gasteiger partial charge in [-0.25, -0.2) is 4.79 Å². The van der Waals surface area contributed by atoms with Crippen LogP contribution in [0.15, 0.2) is 48.5 Å². The van der Waals surface area contributed by atoms with E-state index in [1.54, 1.807) is 19.1 Å². The molecule has 2 aliphatic rings. The van der Waals surface area contributed by atoms with Gasteiger partial charge in [-0.05, 0) is 64.5 Å². The van der Waals surface area contributed by atoms with Gasteiger partial charge in [-0.3, -0.25) is 9.59 Å². The number of methoxy groups -OCH3 is 1. The summed E-state index contributed by atoms with van der Waals surface area (Å²) in [4.78, 5) is 44.1. The fourth-order valence-electron chi connectivity index (χ4n) is 6.66. The Morgan fingerprint density at radius 1 is 1.00 bits per heavy atom. The van der Waals surface area contributed by atoms with Crippen LogP contribution < -0.4 is 10.1 Å². The molecule has 0 saturated carbocycles. The molecule has 2 heterocycles. The number of para-hydroxylation sites is 2. The first-order valence-electron chi connectivity index (χ1n) is 16.2. The zero-order valence-electron chi connectivity index (χ0n) is 28.1. The van der Waals surface area contributed by atoms with E-state index in [4.69, 9.17) is 14.2 Å². The number of piperidine rings is 1. The summed E-state index contributed by atoms with van der Waals surface area (Å²) in [5, 5.41) is 3.28. The van der Waals surface area contributed by atoms with Gasteiger partial charge < -0.3 is 29.3 Å². The first-order chi connectivity index (χ1) is 21.3. The van der Waals surface area contributed by atoms with Gasteiger partial charge in [0.1, 0.15) is 17.1 Å². The molecule has 246 valence electrons. The number of carbonyl (C=O) groups excluding carboxylic acids is 3. The highest BCUT2D eigenvalue weighted by atomic mass is 16.6. The Labute approximate surface area is 268 Å². The number of fused-ring (bicyclic) bond motifs is 2. The fourth-order valence-corrected chi connectivity index (χ4v) is 6.66. The molecule has 4 rings (SSSR count). The topological polar surface area (TPSA) is 97.4 Å². The first kappa shape index (κ1) is 34.3. The highest BCUT2D eigenvalue weighted by Crippen LogP contribution is 2.50. The molecule has 45 heavy (non-hydrogen) atoms. The molecule has 0 aliphatic carbocycles. The standard InChI is InChI=1S/C36H51N3O6/c1-25(2)21-38(6)33(41)27-20-26(22-39(23-27)34(42)45-35(3,4)5)32(40)37-24-36(18-12-13-19-43-7)28-14-8-10-16-30(28)44-31-17-11-9-15-29(31)36/h8-11,14-17,25-27H,12-13,18-24H2,1-7H3,(H,37,40)/t26-,27+/m0/s1. The Kier molecular flexibility index (Phi) is 11.2. The van der Waals surface area contributed by atoms with Crippen molar-refractivity contribution in [1.29, 1.82) is 0 Å². The molecule has 2 aliphatic heterocycles. The van der Waals surface area contributed by atoms with Crippen LogP contribution >= 0.6 is 0 Å². The number of hydrogen-bond acceptors (Lipinski definition) is 6. The number of likely N-dealkylation sites (tertiary alicyclic amines) is 1. The van der Waals surface area contributed by atoms with Crippen molar-refractivity contribution in [3.63, 3.8) is 0 Å². The Hall–Kier alpha value is -3.59. The smallest absolute Gasteiger partial charge is 0.410 e. The number of amides is 3. The van der Waals surface area contributed by atoms with Crippen LogP contribution in [0.2, 0.25) is 0 Å². The maximum absolute atomic E-state index is 14.1. The summed E-state index contributed by atoms with van der Waals surface area (Å²) in [5.41, 5.74) is 0.841. The van der Waals surface area contributed by atoms with Gasteiger partial charge in [0, 0.05) is 63.5 Å². The summed E-state index contributed by atoms with van der Waals surface area (Å²) in [5.74, 6) is 0.562. The Morgan fingerprint density at radius 3 is 2.18 bits per heavy atom. The van der Waals surface area contributed by atoms with Crippen LogP contribution in [0.25, 0.3) is 0 Å². The zero-order valence-corrected chi connectivity index (χ0v) is 28.1. The van der Waals surface area contributed by atoms with Crippen LogP contribution in [0.1, 0.15) is 71.4 Å². The molecule has 9 nitrogen and oxygen atoms in total. The lowest BCUT2D eigenvalue weighted by Crippen LogP contribution is -2.54. The molecule has 1 N–H and O–H groups in total. The van der Waals surface area contributed by atoms with Crippen molar-refractivity contribution < 1.29 is 28.6 Å². The van der Waals surface area contributed by atoms with Gasteiger partial charge in [0.05, 0.1) is 11.8 Å². The summed E-state index contributed by atoms with van der Waals surface area (Å²) in [6, 6.07) is 16.0. The van der Waals surface area contributed by atoms with E-state index in [2.05, 4.69) is 31.3 Å². The normalized spacial score (nSPS) is 18.8. The zero-order chi connectivity index (χ0) is 32.8. The minimum Gasteiger partial charge on any atom is -0.457 e. The summed E-state index contributed by atoms with van der Waals surface area (Å²) in [6.45, 7) is 11.6. The molecular weight excluding hydrogens is 570 g/mol. The van der Waals surface area contributed by atoms with Crippen molar-refractivity contribution in [3.05, 3.63) is 59.7 Å². The van der Waals surface area contributed by atoms with Crippen molar-refractivity contribution in [2.45, 2.75) is 71.3 Å². The number of carbonyl (C=O) groups is 3. The number of nitrogens with zero attached hydrogens (tertiary/aromatic N) is 2. The van der Waals surface area contributed by atoms with E-state index in [-0.39, 0.29) is 24.9 Å². The Balaban J connectivity index is 1.62. The molecule has 0 aromatic heterocycles. The highest BCUT2D eigenvalue weighted by molar-refractivity contribution is 5.84. The Bertz CT molecular complexity index is 1290. The van der Waals surface area contributed by atoms with Crippen LogP contribution in [-0.4, -0.2) is 80.3 Å². The van der Waals surface area contributed by atoms with Crippen molar-refractivity contribution in [3.8, 4) is 11.5 Å². The van der Waals surface area contributed by atoms with E-state index in [9.17, 15) is 14.4 Å². The summed E-state index contributed by atoms with van der Waals surface area (Å²) < 4.78 is 17.3. The maximum Gasteiger partial charge on any atom is 0.410 e. The molecule has 9 heteroatoms. The lowest BCUT2D eigenvalue weighted by Gasteiger charge is -2.42. The predicted molar refractivity (Wildman–Crippen MR) is 174 cm³/mol. The molecule has 2 aromatic rings. The van der Waals surface area contributed by atoms with Gasteiger partial charge >= 0.3 is 6.09 Å². The monoisotopic (exact) mass is 621 g/mol. The van der Waals surface area contributed by atoms with Crippen LogP contribution in [0.3, 0.4) is 0 Å². The van der Waals surface area contributed by atoms with E-state index >= 15 is 0 Å². The summed E-state index contributed by atoms with van der Waals surface area (Å²) >= 11 is 0. The molecule has 0 unspecified atom stereocenters. The lowest BCUT2D eigenvalue weighted by molar-refractivity contribution is -0.138. The third-order valence-electron chi connectivity index (χ3n) is 8.63. The molecule has 2 atom stereocenters. The minimum atomic E-state index is -0.695. The van der Waals surface area contributed by atoms with Crippen molar-refractivity contribution in [1.82, 2.24) is 15.1 Å². The second-order valence-corrected chi connectivity index (χ2v) is 14.0. The van der Waals surface area contributed by atoms with Gasteiger partial charge in [0.15, 0.2) is 0 Å². The number of ether oxygens (including phenoxy) is 3. The third kappa shape index (κ3) is 8.37. The van der Waals surface area contributed by atoms with Gasteiger partial charge in [-0.15, -0.1) is 0 Å². The maximum atomic E-state index is 14.1. The average Bonchev–Trinajstić information content (AvgIpc) is 3.00. The van der Waals surface area contributed by atoms with Crippen molar-refractivity contribution in [2.75, 3.05) is 46.9 Å². The molecule has 0 bridgehead atoms. The molecule has 1 fully saturated rings. The van der Waals surface area contributed by atoms with Crippen LogP contribution in [0.4, 0.5) is 4.79 Å². The van der Waals surface area contributed by atoms with Crippen LogP contribution in [0, 0.1) is 17.8 Å². The van der Waals surface area contributed by atoms with E-state index in [1.807, 2.05) is 57.2 Å². The second kappa shape index (κ2) is 14.7. The van der Waals surface area contributed by atoms with Crippen molar-refractivity contribution >= 4 is 17.9 Å². The van der Waals surface area contributed by atoms with E-state index in [1.165, 1.54) is 4.90 Å². The van der Waals surface area contributed by atoms with E-state index in [0.717, 1.165) is 41.9 Å². The largest absolute Gasteiger partial charge is 0.457 e. The van der Waals surface area contributed by atoms with Crippen LogP contribution in [-0.2, 0) is 24.5 Å². The number of benzene rings is 2. The second-order valence-electron chi connectivity index (χ2n) is 14.0. The molecule has 1 saturated heterocycles. The quantitative estimate of drug-likeness (QED) is 0.309. The van der Waals surface area contributed by atoms with E-state index in [0.29, 0.717) is 32.0 Å².